The van der Waals surface area contributed by atoms with Gasteiger partial charge in [-0.2, -0.15) is 0 Å². The number of hydrogen-bond donors (Lipinski definition) is 1. The molecule has 3 rings (SSSR count). The molecular formula is C13H7BrClNOS. The molecule has 2 aromatic heterocycles. The lowest BCUT2D eigenvalue weighted by Crippen LogP contribution is -1.98. The molecule has 3 aromatic rings. The summed E-state index contributed by atoms with van der Waals surface area (Å²) in [6.45, 7) is 0. The van der Waals surface area contributed by atoms with Crippen molar-refractivity contribution in [3.63, 3.8) is 0 Å². The maximum absolute atomic E-state index is 12.4. The monoisotopic (exact) mass is 339 g/mol. The van der Waals surface area contributed by atoms with E-state index < -0.39 is 0 Å². The maximum atomic E-state index is 12.4. The number of aromatic amines is 1. The first-order valence-electron chi connectivity index (χ1n) is 5.22. The van der Waals surface area contributed by atoms with Gasteiger partial charge in [-0.15, -0.1) is 11.3 Å². The average molecular weight is 341 g/mol. The molecule has 0 spiro atoms. The summed E-state index contributed by atoms with van der Waals surface area (Å²) >= 11 is 10.8. The fraction of sp³-hybridized carbons (Fsp3) is 0. The molecule has 0 aliphatic heterocycles. The molecule has 90 valence electrons. The van der Waals surface area contributed by atoms with Gasteiger partial charge in [0, 0.05) is 27.1 Å². The molecule has 0 amide bonds. The van der Waals surface area contributed by atoms with Crippen LogP contribution in [-0.2, 0) is 0 Å². The van der Waals surface area contributed by atoms with Crippen molar-refractivity contribution < 1.29 is 4.79 Å². The molecule has 0 fully saturated rings. The minimum absolute atomic E-state index is 0.0480. The molecular weight excluding hydrogens is 334 g/mol. The molecule has 1 N–H and O–H groups in total. The van der Waals surface area contributed by atoms with Crippen molar-refractivity contribution in [3.8, 4) is 0 Å². The molecule has 2 heterocycles. The number of nitrogens with one attached hydrogen (secondary N) is 1. The minimum Gasteiger partial charge on any atom is -0.360 e. The lowest BCUT2D eigenvalue weighted by atomic mass is 10.1. The molecule has 0 atom stereocenters. The summed E-state index contributed by atoms with van der Waals surface area (Å²) in [6.07, 6.45) is 1.73. The van der Waals surface area contributed by atoms with Gasteiger partial charge in [0.25, 0.3) is 0 Å². The van der Waals surface area contributed by atoms with Gasteiger partial charge in [-0.05, 0) is 23.6 Å². The standard InChI is InChI=1S/C13H7BrClNOS/c14-8-2-1-3-10-11(8)7(6-16-10)12(17)13-9(15)4-5-18-13/h1-6,16H. The SMILES string of the molecule is O=C(c1sccc1Cl)c1c[nH]c2cccc(Br)c12. The second-order valence-electron chi connectivity index (χ2n) is 3.79. The van der Waals surface area contributed by atoms with Gasteiger partial charge in [-0.25, -0.2) is 0 Å². The van der Waals surface area contributed by atoms with Gasteiger partial charge < -0.3 is 4.98 Å². The third-order valence-corrected chi connectivity index (χ3v) is 4.72. The lowest BCUT2D eigenvalue weighted by molar-refractivity contribution is 0.104. The van der Waals surface area contributed by atoms with Crippen LogP contribution in [0.4, 0.5) is 0 Å². The number of H-pyrrole nitrogens is 1. The molecule has 0 aliphatic carbocycles. The zero-order chi connectivity index (χ0) is 12.7. The summed E-state index contributed by atoms with van der Waals surface area (Å²) in [5, 5.41) is 3.22. The fourth-order valence-corrected chi connectivity index (χ4v) is 3.57. The number of ketones is 1. The van der Waals surface area contributed by atoms with Gasteiger partial charge in [0.1, 0.15) is 0 Å². The van der Waals surface area contributed by atoms with Gasteiger partial charge in [0.2, 0.25) is 5.78 Å². The van der Waals surface area contributed by atoms with Crippen LogP contribution in [0.3, 0.4) is 0 Å². The second-order valence-corrected chi connectivity index (χ2v) is 5.97. The number of aromatic nitrogens is 1. The van der Waals surface area contributed by atoms with Crippen LogP contribution in [0.1, 0.15) is 15.2 Å². The van der Waals surface area contributed by atoms with Crippen LogP contribution in [0.2, 0.25) is 5.02 Å². The topological polar surface area (TPSA) is 32.9 Å². The Hall–Kier alpha value is -1.10. The van der Waals surface area contributed by atoms with Crippen molar-refractivity contribution >= 4 is 55.6 Å². The number of halogens is 2. The van der Waals surface area contributed by atoms with Crippen LogP contribution in [0.15, 0.2) is 40.3 Å². The van der Waals surface area contributed by atoms with Gasteiger partial charge in [0.05, 0.1) is 9.90 Å². The van der Waals surface area contributed by atoms with E-state index in [1.165, 1.54) is 11.3 Å². The summed E-state index contributed by atoms with van der Waals surface area (Å²) in [5.74, 6) is -0.0480. The molecule has 0 aliphatic rings. The number of rotatable bonds is 2. The molecule has 0 unspecified atom stereocenters. The lowest BCUT2D eigenvalue weighted by Gasteiger charge is -1.99. The maximum Gasteiger partial charge on any atom is 0.206 e. The molecule has 1 aromatic carbocycles. The predicted octanol–water partition coefficient (Wildman–Crippen LogP) is 4.88. The Morgan fingerprint density at radius 2 is 2.17 bits per heavy atom. The van der Waals surface area contributed by atoms with E-state index >= 15 is 0 Å². The van der Waals surface area contributed by atoms with E-state index in [1.54, 1.807) is 12.3 Å². The number of fused-ring (bicyclic) bond motifs is 1. The number of carbonyl (C=O) groups excluding carboxylic acids is 1. The number of thiophene rings is 1. The van der Waals surface area contributed by atoms with Crippen LogP contribution in [0.5, 0.6) is 0 Å². The van der Waals surface area contributed by atoms with E-state index in [0.29, 0.717) is 15.5 Å². The Kier molecular flexibility index (Phi) is 3.01. The van der Waals surface area contributed by atoms with Crippen molar-refractivity contribution in [2.45, 2.75) is 0 Å². The normalized spacial score (nSPS) is 11.0. The van der Waals surface area contributed by atoms with Crippen LogP contribution >= 0.6 is 38.9 Å². The first-order valence-corrected chi connectivity index (χ1v) is 7.27. The van der Waals surface area contributed by atoms with Crippen molar-refractivity contribution in [1.82, 2.24) is 4.98 Å². The van der Waals surface area contributed by atoms with E-state index in [1.807, 2.05) is 23.6 Å². The van der Waals surface area contributed by atoms with E-state index in [0.717, 1.165) is 15.4 Å². The first kappa shape index (κ1) is 12.0. The minimum atomic E-state index is -0.0480. The van der Waals surface area contributed by atoms with Crippen molar-refractivity contribution in [2.75, 3.05) is 0 Å². The highest BCUT2D eigenvalue weighted by molar-refractivity contribution is 9.10. The molecule has 0 saturated carbocycles. The van der Waals surface area contributed by atoms with E-state index in [2.05, 4.69) is 20.9 Å². The van der Waals surface area contributed by atoms with Crippen LogP contribution in [0.25, 0.3) is 10.9 Å². The van der Waals surface area contributed by atoms with E-state index in [4.69, 9.17) is 11.6 Å². The zero-order valence-corrected chi connectivity index (χ0v) is 12.2. The van der Waals surface area contributed by atoms with Gasteiger partial charge >= 0.3 is 0 Å². The fourth-order valence-electron chi connectivity index (χ4n) is 1.90. The first-order chi connectivity index (χ1) is 8.68. The molecule has 5 heteroatoms. The summed E-state index contributed by atoms with van der Waals surface area (Å²) in [5.41, 5.74) is 1.57. The second kappa shape index (κ2) is 4.53. The Balaban J connectivity index is 2.22. The summed E-state index contributed by atoms with van der Waals surface area (Å²) in [4.78, 5) is 16.1. The van der Waals surface area contributed by atoms with E-state index in [-0.39, 0.29) is 5.78 Å². The Labute approximate surface area is 121 Å². The highest BCUT2D eigenvalue weighted by Crippen LogP contribution is 2.31. The number of carbonyl (C=O) groups is 1. The highest BCUT2D eigenvalue weighted by atomic mass is 79.9. The third-order valence-electron chi connectivity index (χ3n) is 2.72. The van der Waals surface area contributed by atoms with Crippen molar-refractivity contribution in [1.29, 1.82) is 0 Å². The molecule has 18 heavy (non-hydrogen) atoms. The van der Waals surface area contributed by atoms with Crippen molar-refractivity contribution in [2.24, 2.45) is 0 Å². The quantitative estimate of drug-likeness (QED) is 0.663. The molecule has 2 nitrogen and oxygen atoms in total. The predicted molar refractivity (Wildman–Crippen MR) is 78.8 cm³/mol. The van der Waals surface area contributed by atoms with E-state index in [9.17, 15) is 4.79 Å². The van der Waals surface area contributed by atoms with Crippen LogP contribution < -0.4 is 0 Å². The molecule has 0 radical (unpaired) electrons. The summed E-state index contributed by atoms with van der Waals surface area (Å²) in [6, 6.07) is 7.52. The summed E-state index contributed by atoms with van der Waals surface area (Å²) < 4.78 is 0.900. The van der Waals surface area contributed by atoms with Gasteiger partial charge in [0.15, 0.2) is 0 Å². The van der Waals surface area contributed by atoms with Gasteiger partial charge in [-0.1, -0.05) is 33.6 Å². The number of hydrogen-bond acceptors (Lipinski definition) is 2. The Morgan fingerprint density at radius 1 is 1.33 bits per heavy atom. The number of benzene rings is 1. The third kappa shape index (κ3) is 1.81. The van der Waals surface area contributed by atoms with Crippen LogP contribution in [0, 0.1) is 0 Å². The smallest absolute Gasteiger partial charge is 0.206 e. The Bertz CT molecular complexity index is 746. The Morgan fingerprint density at radius 3 is 2.89 bits per heavy atom. The molecule has 0 saturated heterocycles. The largest absolute Gasteiger partial charge is 0.360 e. The zero-order valence-electron chi connectivity index (χ0n) is 9.04. The van der Waals surface area contributed by atoms with Crippen LogP contribution in [-0.4, -0.2) is 10.8 Å². The highest BCUT2D eigenvalue weighted by Gasteiger charge is 2.19. The van der Waals surface area contributed by atoms with Crippen molar-refractivity contribution in [3.05, 3.63) is 55.8 Å². The summed E-state index contributed by atoms with van der Waals surface area (Å²) in [7, 11) is 0. The van der Waals surface area contributed by atoms with Gasteiger partial charge in [-0.3, -0.25) is 4.79 Å². The molecule has 0 bridgehead atoms. The average Bonchev–Trinajstić information content (AvgIpc) is 2.95.